The van der Waals surface area contributed by atoms with Crippen molar-refractivity contribution < 1.29 is 14.3 Å². The summed E-state index contributed by atoms with van der Waals surface area (Å²) in [5, 5.41) is 2.71. The molecule has 1 aromatic heterocycles. The van der Waals surface area contributed by atoms with Gasteiger partial charge in [0.25, 0.3) is 5.91 Å². The highest BCUT2D eigenvalue weighted by atomic mass is 16.5. The predicted octanol–water partition coefficient (Wildman–Crippen LogP) is 0.0550. The number of anilines is 1. The second kappa shape index (κ2) is 6.82. The molecule has 0 radical (unpaired) electrons. The van der Waals surface area contributed by atoms with Gasteiger partial charge in [0.2, 0.25) is 0 Å². The Balaban J connectivity index is 2.52. The van der Waals surface area contributed by atoms with Crippen molar-refractivity contribution in [2.45, 2.75) is 6.10 Å². The Hall–Kier alpha value is -1.66. The van der Waals surface area contributed by atoms with Crippen molar-refractivity contribution in [2.75, 3.05) is 33.1 Å². The number of amides is 1. The van der Waals surface area contributed by atoms with Crippen LogP contribution in [-0.2, 0) is 9.47 Å². The minimum absolute atomic E-state index is 0.179. The molecule has 3 N–H and O–H groups in total. The molecule has 1 atom stereocenters. The Kier molecular flexibility index (Phi) is 5.38. The van der Waals surface area contributed by atoms with E-state index in [1.54, 1.807) is 20.3 Å². The Morgan fingerprint density at radius 3 is 2.94 bits per heavy atom. The minimum atomic E-state index is -0.270. The number of ether oxygens (including phenoxy) is 2. The first-order valence-electron chi connectivity index (χ1n) is 5.18. The summed E-state index contributed by atoms with van der Waals surface area (Å²) < 4.78 is 10.1. The number of carbonyl (C=O) groups excluding carboxylic acids is 1. The molecule has 6 nitrogen and oxygen atoms in total. The number of hydrogen-bond donors (Lipinski definition) is 2. The maximum Gasteiger partial charge on any atom is 0.255 e. The summed E-state index contributed by atoms with van der Waals surface area (Å²) in [4.78, 5) is 15.6. The summed E-state index contributed by atoms with van der Waals surface area (Å²) in [7, 11) is 3.14. The maximum absolute atomic E-state index is 11.8. The van der Waals surface area contributed by atoms with Crippen molar-refractivity contribution in [3.63, 3.8) is 0 Å². The van der Waals surface area contributed by atoms with Crippen LogP contribution >= 0.6 is 0 Å². The van der Waals surface area contributed by atoms with Crippen LogP contribution in [0.3, 0.4) is 0 Å². The number of nitrogen functional groups attached to an aromatic ring is 1. The van der Waals surface area contributed by atoms with Crippen molar-refractivity contribution in [1.29, 1.82) is 0 Å². The highest BCUT2D eigenvalue weighted by molar-refractivity contribution is 5.98. The molecule has 6 heteroatoms. The Morgan fingerprint density at radius 2 is 2.35 bits per heavy atom. The van der Waals surface area contributed by atoms with Crippen LogP contribution in [0.2, 0.25) is 0 Å². The van der Waals surface area contributed by atoms with E-state index in [0.717, 1.165) is 0 Å². The first-order chi connectivity index (χ1) is 8.19. The number of nitrogens with two attached hydrogens (primary N) is 1. The lowest BCUT2D eigenvalue weighted by molar-refractivity contribution is 0.0285. The van der Waals surface area contributed by atoms with Crippen molar-refractivity contribution in [3.8, 4) is 0 Å². The molecular formula is C11H17N3O3. The summed E-state index contributed by atoms with van der Waals surface area (Å²) >= 11 is 0. The Bertz CT molecular complexity index is 371. The highest BCUT2D eigenvalue weighted by Gasteiger charge is 2.12. The molecule has 1 aromatic rings. The fourth-order valence-corrected chi connectivity index (χ4v) is 1.29. The van der Waals surface area contributed by atoms with E-state index in [0.29, 0.717) is 24.4 Å². The van der Waals surface area contributed by atoms with E-state index in [2.05, 4.69) is 10.3 Å². The number of nitrogens with zero attached hydrogens (tertiary/aromatic N) is 1. The predicted molar refractivity (Wildman–Crippen MR) is 63.7 cm³/mol. The number of hydrogen-bond acceptors (Lipinski definition) is 5. The lowest BCUT2D eigenvalue weighted by Gasteiger charge is -2.15. The molecule has 0 aromatic carbocycles. The van der Waals surface area contributed by atoms with Crippen LogP contribution in [0.5, 0.6) is 0 Å². The largest absolute Gasteiger partial charge is 0.398 e. The average molecular weight is 239 g/mol. The molecule has 0 fully saturated rings. The molecule has 1 unspecified atom stereocenters. The zero-order chi connectivity index (χ0) is 12.7. The van der Waals surface area contributed by atoms with E-state index in [4.69, 9.17) is 15.2 Å². The van der Waals surface area contributed by atoms with Crippen LogP contribution in [0.1, 0.15) is 10.4 Å². The third-order valence-corrected chi connectivity index (χ3v) is 2.28. The minimum Gasteiger partial charge on any atom is -0.398 e. The van der Waals surface area contributed by atoms with Gasteiger partial charge in [0, 0.05) is 38.8 Å². The maximum atomic E-state index is 11.8. The molecule has 0 aliphatic carbocycles. The SMILES string of the molecule is COCC(CNC(=O)c1cnccc1N)OC. The molecule has 94 valence electrons. The zero-order valence-electron chi connectivity index (χ0n) is 9.97. The average Bonchev–Trinajstić information content (AvgIpc) is 2.34. The first-order valence-corrected chi connectivity index (χ1v) is 5.18. The number of methoxy groups -OCH3 is 2. The molecule has 0 aliphatic rings. The standard InChI is InChI=1S/C11H17N3O3/c1-16-7-8(17-2)5-14-11(15)9-6-13-4-3-10(9)12/h3-4,6,8H,5,7H2,1-2H3,(H2,12,13)(H,14,15). The second-order valence-corrected chi connectivity index (χ2v) is 3.49. The third-order valence-electron chi connectivity index (χ3n) is 2.28. The van der Waals surface area contributed by atoms with Crippen molar-refractivity contribution in [1.82, 2.24) is 10.3 Å². The number of carbonyl (C=O) groups is 1. The van der Waals surface area contributed by atoms with Gasteiger partial charge in [-0.25, -0.2) is 0 Å². The Labute approximate surface area is 100 Å². The molecule has 17 heavy (non-hydrogen) atoms. The quantitative estimate of drug-likeness (QED) is 0.732. The normalized spacial score (nSPS) is 12.1. The van der Waals surface area contributed by atoms with Crippen molar-refractivity contribution in [3.05, 3.63) is 24.0 Å². The lowest BCUT2D eigenvalue weighted by Crippen LogP contribution is -2.35. The van der Waals surface area contributed by atoms with Gasteiger partial charge in [-0.15, -0.1) is 0 Å². The van der Waals surface area contributed by atoms with Gasteiger partial charge in [-0.2, -0.15) is 0 Å². The van der Waals surface area contributed by atoms with E-state index in [1.165, 1.54) is 12.4 Å². The molecule has 0 aliphatic heterocycles. The summed E-state index contributed by atoms with van der Waals surface area (Å²) in [6, 6.07) is 1.58. The first kappa shape index (κ1) is 13.4. The number of nitrogens with one attached hydrogen (secondary N) is 1. The number of rotatable bonds is 6. The number of aromatic nitrogens is 1. The summed E-state index contributed by atoms with van der Waals surface area (Å²) in [5.74, 6) is -0.270. The fourth-order valence-electron chi connectivity index (χ4n) is 1.29. The van der Waals surface area contributed by atoms with Crippen LogP contribution in [0, 0.1) is 0 Å². The summed E-state index contributed by atoms with van der Waals surface area (Å²) in [6.45, 7) is 0.775. The molecule has 1 rings (SSSR count). The van der Waals surface area contributed by atoms with Crippen molar-refractivity contribution >= 4 is 11.6 Å². The molecule has 0 saturated carbocycles. The van der Waals surface area contributed by atoms with Crippen LogP contribution in [0.25, 0.3) is 0 Å². The van der Waals surface area contributed by atoms with E-state index in [1.807, 2.05) is 0 Å². The van der Waals surface area contributed by atoms with Crippen LogP contribution in [0.4, 0.5) is 5.69 Å². The van der Waals surface area contributed by atoms with Gasteiger partial charge < -0.3 is 20.5 Å². The summed E-state index contributed by atoms with van der Waals surface area (Å²) in [6.07, 6.45) is 2.79. The zero-order valence-corrected chi connectivity index (χ0v) is 9.97. The van der Waals surface area contributed by atoms with Gasteiger partial charge >= 0.3 is 0 Å². The number of pyridine rings is 1. The molecule has 0 spiro atoms. The van der Waals surface area contributed by atoms with E-state index >= 15 is 0 Å². The van der Waals surface area contributed by atoms with Crippen molar-refractivity contribution in [2.24, 2.45) is 0 Å². The van der Waals surface area contributed by atoms with Gasteiger partial charge in [-0.3, -0.25) is 9.78 Å². The smallest absolute Gasteiger partial charge is 0.255 e. The van der Waals surface area contributed by atoms with Crippen LogP contribution < -0.4 is 11.1 Å². The van der Waals surface area contributed by atoms with Gasteiger partial charge in [0.1, 0.15) is 0 Å². The monoisotopic (exact) mass is 239 g/mol. The third kappa shape index (κ3) is 4.01. The van der Waals surface area contributed by atoms with Crippen LogP contribution in [0.15, 0.2) is 18.5 Å². The Morgan fingerprint density at radius 1 is 1.59 bits per heavy atom. The van der Waals surface area contributed by atoms with Crippen LogP contribution in [-0.4, -0.2) is 44.4 Å². The molecule has 1 heterocycles. The van der Waals surface area contributed by atoms with Gasteiger partial charge in [-0.05, 0) is 6.07 Å². The van der Waals surface area contributed by atoms with Gasteiger partial charge in [0.05, 0.1) is 18.3 Å². The van der Waals surface area contributed by atoms with Gasteiger partial charge in [0.15, 0.2) is 0 Å². The van der Waals surface area contributed by atoms with E-state index < -0.39 is 0 Å². The fraction of sp³-hybridized carbons (Fsp3) is 0.455. The summed E-state index contributed by atoms with van der Waals surface area (Å²) in [5.41, 5.74) is 6.42. The second-order valence-electron chi connectivity index (χ2n) is 3.49. The van der Waals surface area contributed by atoms with E-state index in [-0.39, 0.29) is 12.0 Å². The molecular weight excluding hydrogens is 222 g/mol. The molecule has 0 saturated heterocycles. The molecule has 0 bridgehead atoms. The topological polar surface area (TPSA) is 86.5 Å². The highest BCUT2D eigenvalue weighted by Crippen LogP contribution is 2.07. The lowest BCUT2D eigenvalue weighted by atomic mass is 10.2. The van der Waals surface area contributed by atoms with E-state index in [9.17, 15) is 4.79 Å². The molecule has 1 amide bonds. The van der Waals surface area contributed by atoms with Gasteiger partial charge in [-0.1, -0.05) is 0 Å².